The van der Waals surface area contributed by atoms with Gasteiger partial charge in [-0.05, 0) is 47.8 Å². The number of thiophene rings is 1. The van der Waals surface area contributed by atoms with Crippen molar-refractivity contribution in [3.63, 3.8) is 0 Å². The molecule has 2 aromatic carbocycles. The molecule has 194 valence electrons. The fraction of sp³-hybridized carbons (Fsp3) is 0.240. The van der Waals surface area contributed by atoms with Crippen molar-refractivity contribution in [2.45, 2.75) is 10.3 Å². The Kier molecular flexibility index (Phi) is 8.47. The van der Waals surface area contributed by atoms with Gasteiger partial charge in [-0.1, -0.05) is 35.9 Å². The highest BCUT2D eigenvalue weighted by Gasteiger charge is 2.39. The van der Waals surface area contributed by atoms with E-state index in [2.05, 4.69) is 5.32 Å². The lowest BCUT2D eigenvalue weighted by Crippen LogP contribution is -2.58. The molecule has 0 radical (unpaired) electrons. The van der Waals surface area contributed by atoms with E-state index >= 15 is 0 Å². The molecule has 3 aromatic rings. The van der Waals surface area contributed by atoms with E-state index in [0.29, 0.717) is 10.8 Å². The Hall–Kier alpha value is -3.41. The van der Waals surface area contributed by atoms with Crippen LogP contribution in [0.4, 0.5) is 0 Å². The molecule has 1 saturated heterocycles. The van der Waals surface area contributed by atoms with Gasteiger partial charge < -0.3 is 19.9 Å². The molecule has 37 heavy (non-hydrogen) atoms. The normalized spacial score (nSPS) is 14.6. The summed E-state index contributed by atoms with van der Waals surface area (Å²) in [5.74, 6) is -1.11. The van der Waals surface area contributed by atoms with E-state index in [9.17, 15) is 22.8 Å². The largest absolute Gasteiger partial charge is 0.484 e. The molecule has 0 spiro atoms. The molecular formula is C25H24ClN3O6S2. The summed E-state index contributed by atoms with van der Waals surface area (Å²) in [5, 5.41) is 2.57. The SMILES string of the molecule is O=C(N[C@H](C(=O)N1CCN(C(=O)COc2ccccc2)CC1)S(=O)(=O)c1ccc(Cl)cc1)c1cccs1. The molecule has 1 N–H and O–H groups in total. The van der Waals surface area contributed by atoms with Crippen molar-refractivity contribution in [2.75, 3.05) is 32.8 Å². The van der Waals surface area contributed by atoms with E-state index in [-0.39, 0.29) is 48.5 Å². The van der Waals surface area contributed by atoms with E-state index in [1.54, 1.807) is 46.7 Å². The molecule has 12 heteroatoms. The zero-order valence-electron chi connectivity index (χ0n) is 19.6. The molecule has 1 aliphatic heterocycles. The van der Waals surface area contributed by atoms with Crippen LogP contribution < -0.4 is 10.1 Å². The maximum atomic E-state index is 13.5. The van der Waals surface area contributed by atoms with Gasteiger partial charge in [0.05, 0.1) is 9.77 Å². The maximum absolute atomic E-state index is 13.5. The third-order valence-corrected chi connectivity index (χ3v) is 8.72. The molecule has 1 fully saturated rings. The first-order valence-electron chi connectivity index (χ1n) is 11.3. The molecule has 2 heterocycles. The number of para-hydroxylation sites is 1. The number of sulfone groups is 1. The van der Waals surface area contributed by atoms with E-state index in [4.69, 9.17) is 16.3 Å². The lowest BCUT2D eigenvalue weighted by atomic mass is 10.3. The van der Waals surface area contributed by atoms with Gasteiger partial charge in [-0.2, -0.15) is 0 Å². The summed E-state index contributed by atoms with van der Waals surface area (Å²) in [4.78, 5) is 41.8. The van der Waals surface area contributed by atoms with E-state index < -0.39 is 27.0 Å². The summed E-state index contributed by atoms with van der Waals surface area (Å²) in [5.41, 5.74) is 0. The number of nitrogens with zero attached hydrogens (tertiary/aromatic N) is 2. The van der Waals surface area contributed by atoms with Crippen molar-refractivity contribution in [1.29, 1.82) is 0 Å². The monoisotopic (exact) mass is 561 g/mol. The van der Waals surface area contributed by atoms with Crippen LogP contribution >= 0.6 is 22.9 Å². The topological polar surface area (TPSA) is 113 Å². The Morgan fingerprint density at radius 2 is 1.57 bits per heavy atom. The van der Waals surface area contributed by atoms with Crippen molar-refractivity contribution < 1.29 is 27.5 Å². The molecule has 1 atom stereocenters. The summed E-state index contributed by atoms with van der Waals surface area (Å²) in [6, 6.07) is 17.5. The number of benzene rings is 2. The van der Waals surface area contributed by atoms with Crippen LogP contribution in [0, 0.1) is 0 Å². The first-order chi connectivity index (χ1) is 17.8. The van der Waals surface area contributed by atoms with Crippen molar-refractivity contribution in [1.82, 2.24) is 15.1 Å². The summed E-state index contributed by atoms with van der Waals surface area (Å²) in [6.07, 6.45) is 0. The quantitative estimate of drug-likeness (QED) is 0.452. The van der Waals surface area contributed by atoms with Crippen LogP contribution in [-0.4, -0.2) is 74.1 Å². The molecular weight excluding hydrogens is 538 g/mol. The minimum absolute atomic E-state index is 0.109. The van der Waals surface area contributed by atoms with Crippen LogP contribution in [0.25, 0.3) is 0 Å². The number of carbonyl (C=O) groups excluding carboxylic acids is 3. The molecule has 1 aliphatic rings. The van der Waals surface area contributed by atoms with Gasteiger partial charge in [0, 0.05) is 31.2 Å². The van der Waals surface area contributed by atoms with Crippen molar-refractivity contribution in [3.05, 3.63) is 82.0 Å². The lowest BCUT2D eigenvalue weighted by molar-refractivity contribution is -0.140. The minimum atomic E-state index is -4.30. The van der Waals surface area contributed by atoms with Gasteiger partial charge in [-0.3, -0.25) is 14.4 Å². The lowest BCUT2D eigenvalue weighted by Gasteiger charge is -2.36. The van der Waals surface area contributed by atoms with Crippen LogP contribution in [-0.2, 0) is 19.4 Å². The number of carbonyl (C=O) groups is 3. The highest BCUT2D eigenvalue weighted by Crippen LogP contribution is 2.21. The molecule has 0 unspecified atom stereocenters. The van der Waals surface area contributed by atoms with E-state index in [0.717, 1.165) is 11.3 Å². The smallest absolute Gasteiger partial charge is 0.262 e. The highest BCUT2D eigenvalue weighted by atomic mass is 35.5. The average Bonchev–Trinajstić information content (AvgIpc) is 3.46. The second-order valence-electron chi connectivity index (χ2n) is 8.14. The van der Waals surface area contributed by atoms with Crippen molar-refractivity contribution >= 4 is 50.5 Å². The summed E-state index contributed by atoms with van der Waals surface area (Å²) in [7, 11) is -4.30. The second kappa shape index (κ2) is 11.8. The second-order valence-corrected chi connectivity index (χ2v) is 11.6. The van der Waals surface area contributed by atoms with Crippen LogP contribution in [0.2, 0.25) is 5.02 Å². The van der Waals surface area contributed by atoms with Gasteiger partial charge in [0.1, 0.15) is 5.75 Å². The fourth-order valence-corrected chi connectivity index (χ4v) is 5.94. The van der Waals surface area contributed by atoms with Gasteiger partial charge in [0.15, 0.2) is 6.61 Å². The Morgan fingerprint density at radius 1 is 0.919 bits per heavy atom. The van der Waals surface area contributed by atoms with Gasteiger partial charge >= 0.3 is 0 Å². The Balaban J connectivity index is 1.45. The molecule has 9 nitrogen and oxygen atoms in total. The first kappa shape index (κ1) is 26.6. The van der Waals surface area contributed by atoms with Crippen LogP contribution in [0.1, 0.15) is 9.67 Å². The van der Waals surface area contributed by atoms with Crippen LogP contribution in [0.5, 0.6) is 5.75 Å². The summed E-state index contributed by atoms with van der Waals surface area (Å²) >= 11 is 7.02. The number of rotatable bonds is 8. The molecule has 1 aromatic heterocycles. The number of halogens is 1. The molecule has 0 aliphatic carbocycles. The zero-order valence-corrected chi connectivity index (χ0v) is 22.0. The number of piperazine rings is 1. The fourth-order valence-electron chi connectivity index (χ4n) is 3.73. The van der Waals surface area contributed by atoms with E-state index in [1.807, 2.05) is 6.07 Å². The number of nitrogens with one attached hydrogen (secondary N) is 1. The number of amides is 3. The summed E-state index contributed by atoms with van der Waals surface area (Å²) < 4.78 is 32.4. The minimum Gasteiger partial charge on any atom is -0.484 e. The van der Waals surface area contributed by atoms with Gasteiger partial charge in [-0.25, -0.2) is 8.42 Å². The molecule has 0 bridgehead atoms. The summed E-state index contributed by atoms with van der Waals surface area (Å²) in [6.45, 7) is 0.474. The van der Waals surface area contributed by atoms with Gasteiger partial charge in [0.25, 0.3) is 17.7 Å². The van der Waals surface area contributed by atoms with Crippen LogP contribution in [0.15, 0.2) is 77.0 Å². The predicted octanol–water partition coefficient (Wildman–Crippen LogP) is 2.68. The number of hydrogen-bond donors (Lipinski definition) is 1. The third-order valence-electron chi connectivity index (χ3n) is 5.73. The Morgan fingerprint density at radius 3 is 2.19 bits per heavy atom. The van der Waals surface area contributed by atoms with Crippen molar-refractivity contribution in [3.8, 4) is 5.75 Å². The Bertz CT molecular complexity index is 1340. The zero-order chi connectivity index (χ0) is 26.4. The molecule has 4 rings (SSSR count). The van der Waals surface area contributed by atoms with Crippen LogP contribution in [0.3, 0.4) is 0 Å². The molecule has 3 amide bonds. The average molecular weight is 562 g/mol. The third kappa shape index (κ3) is 6.48. The Labute approximate surface area is 223 Å². The predicted molar refractivity (Wildman–Crippen MR) is 139 cm³/mol. The van der Waals surface area contributed by atoms with Gasteiger partial charge in [-0.15, -0.1) is 11.3 Å². The standard InChI is InChI=1S/C25H24ClN3O6S2/c26-18-8-10-20(11-9-18)37(33,34)24(27-23(31)21-7-4-16-36-21)25(32)29-14-12-28(13-15-29)22(30)17-35-19-5-2-1-3-6-19/h1-11,16,24H,12-15,17H2,(H,27,31)/t24-/m0/s1. The van der Waals surface area contributed by atoms with E-state index in [1.165, 1.54) is 29.2 Å². The van der Waals surface area contributed by atoms with Gasteiger partial charge in [0.2, 0.25) is 15.2 Å². The number of hydrogen-bond acceptors (Lipinski definition) is 7. The number of ether oxygens (including phenoxy) is 1. The highest BCUT2D eigenvalue weighted by molar-refractivity contribution is 7.92. The first-order valence-corrected chi connectivity index (χ1v) is 14.1. The van der Waals surface area contributed by atoms with Crippen molar-refractivity contribution in [2.24, 2.45) is 0 Å². The molecule has 0 saturated carbocycles. The maximum Gasteiger partial charge on any atom is 0.262 e.